The molecule has 0 saturated carbocycles. The van der Waals surface area contributed by atoms with Crippen LogP contribution in [-0.2, 0) is 14.8 Å². The molecule has 0 fully saturated rings. The van der Waals surface area contributed by atoms with Gasteiger partial charge in [0.2, 0.25) is 10.0 Å². The van der Waals surface area contributed by atoms with Gasteiger partial charge in [-0.05, 0) is 12.8 Å². The number of carbonyl (C=O) groups is 2. The van der Waals surface area contributed by atoms with Gasteiger partial charge in [-0.15, -0.1) is 0 Å². The van der Waals surface area contributed by atoms with Gasteiger partial charge in [-0.3, -0.25) is 4.79 Å². The van der Waals surface area contributed by atoms with Crippen LogP contribution < -0.4 is 10.6 Å². The Morgan fingerprint density at radius 2 is 1.75 bits per heavy atom. The zero-order valence-corrected chi connectivity index (χ0v) is 12.9. The fourth-order valence-electron chi connectivity index (χ4n) is 1.27. The first-order valence-electron chi connectivity index (χ1n) is 6.31. The van der Waals surface area contributed by atoms with E-state index in [0.29, 0.717) is 19.4 Å². The fraction of sp³-hybridized carbons (Fsp3) is 0.818. The van der Waals surface area contributed by atoms with Gasteiger partial charge in [-0.2, -0.15) is 0 Å². The summed E-state index contributed by atoms with van der Waals surface area (Å²) in [6.07, 6.45) is 1.03. The highest BCUT2D eigenvalue weighted by Crippen LogP contribution is 2.03. The summed E-state index contributed by atoms with van der Waals surface area (Å²) in [7, 11) is -0.455. The van der Waals surface area contributed by atoms with Crippen LogP contribution in [0.15, 0.2) is 0 Å². The maximum absolute atomic E-state index is 11.4. The van der Waals surface area contributed by atoms with Gasteiger partial charge in [-0.25, -0.2) is 17.5 Å². The van der Waals surface area contributed by atoms with Gasteiger partial charge < -0.3 is 15.7 Å². The zero-order chi connectivity index (χ0) is 15.8. The SMILES string of the molecule is CC(CCCNC(=O)NCCS(=O)(=O)N(C)C)C(=O)O. The number of amides is 2. The molecule has 1 unspecified atom stereocenters. The van der Waals surface area contributed by atoms with Crippen LogP contribution in [0.1, 0.15) is 19.8 Å². The van der Waals surface area contributed by atoms with Crippen LogP contribution in [0.4, 0.5) is 4.79 Å². The predicted molar refractivity (Wildman–Crippen MR) is 74.9 cm³/mol. The van der Waals surface area contributed by atoms with Crippen molar-refractivity contribution in [1.29, 1.82) is 0 Å². The largest absolute Gasteiger partial charge is 0.481 e. The van der Waals surface area contributed by atoms with E-state index in [9.17, 15) is 18.0 Å². The number of carboxylic acid groups (broad SMARTS) is 1. The second-order valence-corrected chi connectivity index (χ2v) is 6.96. The standard InChI is InChI=1S/C11H23N3O5S/c1-9(10(15)16)5-4-6-12-11(17)13-7-8-20(18,19)14(2)3/h9H,4-8H2,1-3H3,(H,15,16)(H2,12,13,17). The molecule has 0 heterocycles. The van der Waals surface area contributed by atoms with Crippen LogP contribution in [-0.4, -0.2) is 62.8 Å². The van der Waals surface area contributed by atoms with Gasteiger partial charge in [0.05, 0.1) is 11.7 Å². The summed E-state index contributed by atoms with van der Waals surface area (Å²) in [4.78, 5) is 21.9. The van der Waals surface area contributed by atoms with E-state index in [4.69, 9.17) is 5.11 Å². The van der Waals surface area contributed by atoms with Crippen LogP contribution in [0.25, 0.3) is 0 Å². The second-order valence-electron chi connectivity index (χ2n) is 4.66. The van der Waals surface area contributed by atoms with Gasteiger partial charge in [-0.1, -0.05) is 6.92 Å². The van der Waals surface area contributed by atoms with Crippen LogP contribution in [0.5, 0.6) is 0 Å². The summed E-state index contributed by atoms with van der Waals surface area (Å²) in [6, 6.07) is -0.457. The Bertz CT molecular complexity index is 422. The Morgan fingerprint density at radius 1 is 1.20 bits per heavy atom. The zero-order valence-electron chi connectivity index (χ0n) is 12.0. The van der Waals surface area contributed by atoms with Crippen molar-refractivity contribution in [3.8, 4) is 0 Å². The molecule has 2 amide bonds. The van der Waals surface area contributed by atoms with Crippen molar-refractivity contribution in [2.45, 2.75) is 19.8 Å². The molecule has 0 aliphatic rings. The van der Waals surface area contributed by atoms with Crippen molar-refractivity contribution in [1.82, 2.24) is 14.9 Å². The molecule has 0 aliphatic heterocycles. The number of hydrogen-bond acceptors (Lipinski definition) is 4. The molecule has 0 aromatic carbocycles. The maximum atomic E-state index is 11.4. The lowest BCUT2D eigenvalue weighted by Gasteiger charge is -2.12. The van der Waals surface area contributed by atoms with Crippen LogP contribution in [0, 0.1) is 5.92 Å². The summed E-state index contributed by atoms with van der Waals surface area (Å²) < 4.78 is 23.9. The molecule has 0 saturated heterocycles. The molecule has 1 atom stereocenters. The quantitative estimate of drug-likeness (QED) is 0.505. The van der Waals surface area contributed by atoms with Crippen molar-refractivity contribution in [2.24, 2.45) is 5.92 Å². The number of hydrogen-bond donors (Lipinski definition) is 3. The topological polar surface area (TPSA) is 116 Å². The number of carbonyl (C=O) groups excluding carboxylic acids is 1. The average molecular weight is 309 g/mol. The molecule has 0 spiro atoms. The molecular formula is C11H23N3O5S. The lowest BCUT2D eigenvalue weighted by Crippen LogP contribution is -2.40. The molecule has 118 valence electrons. The second kappa shape index (κ2) is 8.75. The number of rotatable bonds is 9. The first kappa shape index (κ1) is 18.7. The monoisotopic (exact) mass is 309 g/mol. The minimum atomic E-state index is -3.31. The molecular weight excluding hydrogens is 286 g/mol. The third-order valence-corrected chi connectivity index (χ3v) is 4.56. The minimum absolute atomic E-state index is 0.0257. The molecule has 0 aromatic heterocycles. The molecule has 0 bridgehead atoms. The number of urea groups is 1. The number of aliphatic carboxylic acids is 1. The van der Waals surface area contributed by atoms with Crippen molar-refractivity contribution >= 4 is 22.0 Å². The summed E-state index contributed by atoms with van der Waals surface area (Å²) in [5.41, 5.74) is 0. The normalized spacial score (nSPS) is 13.0. The third-order valence-electron chi connectivity index (χ3n) is 2.72. The van der Waals surface area contributed by atoms with Gasteiger partial charge in [0.25, 0.3) is 0 Å². The Hall–Kier alpha value is -1.35. The first-order valence-corrected chi connectivity index (χ1v) is 7.92. The summed E-state index contributed by atoms with van der Waals surface area (Å²) in [5.74, 6) is -1.46. The molecule has 9 heteroatoms. The van der Waals surface area contributed by atoms with Crippen LogP contribution in [0.3, 0.4) is 0 Å². The van der Waals surface area contributed by atoms with Crippen molar-refractivity contribution < 1.29 is 23.1 Å². The molecule has 8 nitrogen and oxygen atoms in total. The fourth-order valence-corrected chi connectivity index (χ4v) is 2.00. The van der Waals surface area contributed by atoms with E-state index in [-0.39, 0.29) is 12.3 Å². The summed E-state index contributed by atoms with van der Waals surface area (Å²) in [5, 5.41) is 13.6. The molecule has 0 rings (SSSR count). The highest BCUT2D eigenvalue weighted by atomic mass is 32.2. The Morgan fingerprint density at radius 3 is 2.25 bits per heavy atom. The van der Waals surface area contributed by atoms with E-state index in [0.717, 1.165) is 4.31 Å². The lowest BCUT2D eigenvalue weighted by atomic mass is 10.1. The molecule has 0 aromatic rings. The number of nitrogens with one attached hydrogen (secondary N) is 2. The van der Waals surface area contributed by atoms with E-state index in [1.165, 1.54) is 14.1 Å². The van der Waals surface area contributed by atoms with E-state index < -0.39 is 27.9 Å². The molecule has 0 aliphatic carbocycles. The average Bonchev–Trinajstić information content (AvgIpc) is 2.33. The van der Waals surface area contributed by atoms with E-state index in [1.807, 2.05) is 0 Å². The number of carboxylic acids is 1. The minimum Gasteiger partial charge on any atom is -0.481 e. The smallest absolute Gasteiger partial charge is 0.314 e. The van der Waals surface area contributed by atoms with Gasteiger partial charge in [0, 0.05) is 27.2 Å². The molecule has 3 N–H and O–H groups in total. The Balaban J connectivity index is 3.73. The molecule has 0 radical (unpaired) electrons. The van der Waals surface area contributed by atoms with Gasteiger partial charge in [0.1, 0.15) is 0 Å². The van der Waals surface area contributed by atoms with Gasteiger partial charge >= 0.3 is 12.0 Å². The first-order chi connectivity index (χ1) is 9.16. The highest BCUT2D eigenvalue weighted by molar-refractivity contribution is 7.89. The highest BCUT2D eigenvalue weighted by Gasteiger charge is 2.13. The molecule has 20 heavy (non-hydrogen) atoms. The van der Waals surface area contributed by atoms with Crippen molar-refractivity contribution in [2.75, 3.05) is 32.9 Å². The Labute approximate surface area is 119 Å². The van der Waals surface area contributed by atoms with E-state index >= 15 is 0 Å². The number of sulfonamides is 1. The maximum Gasteiger partial charge on any atom is 0.314 e. The van der Waals surface area contributed by atoms with Gasteiger partial charge in [0.15, 0.2) is 0 Å². The van der Waals surface area contributed by atoms with Crippen LogP contribution >= 0.6 is 0 Å². The Kier molecular flexibility index (Phi) is 8.16. The van der Waals surface area contributed by atoms with E-state index in [1.54, 1.807) is 6.92 Å². The van der Waals surface area contributed by atoms with Crippen LogP contribution in [0.2, 0.25) is 0 Å². The van der Waals surface area contributed by atoms with E-state index in [2.05, 4.69) is 10.6 Å². The lowest BCUT2D eigenvalue weighted by molar-refractivity contribution is -0.141. The summed E-state index contributed by atoms with van der Waals surface area (Å²) in [6.45, 7) is 1.98. The summed E-state index contributed by atoms with van der Waals surface area (Å²) >= 11 is 0. The third kappa shape index (κ3) is 7.95. The van der Waals surface area contributed by atoms with Crippen molar-refractivity contribution in [3.63, 3.8) is 0 Å². The van der Waals surface area contributed by atoms with Crippen molar-refractivity contribution in [3.05, 3.63) is 0 Å². The predicted octanol–water partition coefficient (Wildman–Crippen LogP) is -0.322. The number of nitrogens with zero attached hydrogens (tertiary/aromatic N) is 1.